The first-order chi connectivity index (χ1) is 12.7. The van der Waals surface area contributed by atoms with E-state index in [9.17, 15) is 0 Å². The third kappa shape index (κ3) is 3.54. The fourth-order valence-corrected chi connectivity index (χ4v) is 3.51. The summed E-state index contributed by atoms with van der Waals surface area (Å²) in [5.74, 6) is 0.840. The molecular weight excluding hydrogens is 326 g/mol. The Hall–Kier alpha value is -2.51. The molecule has 1 unspecified atom stereocenters. The molecule has 3 aromatic heterocycles. The number of pyridine rings is 1. The molecule has 4 heterocycles. The molecule has 0 spiro atoms. The van der Waals surface area contributed by atoms with E-state index in [1.54, 1.807) is 6.33 Å². The molecule has 1 saturated heterocycles. The quantitative estimate of drug-likeness (QED) is 0.733. The Morgan fingerprint density at radius 3 is 2.85 bits per heavy atom. The van der Waals surface area contributed by atoms with E-state index in [4.69, 9.17) is 5.73 Å². The second-order valence-electron chi connectivity index (χ2n) is 6.98. The largest absolute Gasteiger partial charge is 0.360 e. The van der Waals surface area contributed by atoms with Gasteiger partial charge in [-0.3, -0.25) is 9.88 Å². The molecule has 0 saturated carbocycles. The predicted octanol–water partition coefficient (Wildman–Crippen LogP) is 2.22. The molecule has 0 aliphatic carbocycles. The number of nitrogens with one attached hydrogen (secondary N) is 1. The van der Waals surface area contributed by atoms with Crippen LogP contribution in [0.25, 0.3) is 5.52 Å². The van der Waals surface area contributed by atoms with Crippen molar-refractivity contribution in [3.05, 3.63) is 54.2 Å². The van der Waals surface area contributed by atoms with Crippen molar-refractivity contribution in [1.82, 2.24) is 24.5 Å². The van der Waals surface area contributed by atoms with E-state index >= 15 is 0 Å². The predicted molar refractivity (Wildman–Crippen MR) is 102 cm³/mol. The van der Waals surface area contributed by atoms with Gasteiger partial charge in [-0.2, -0.15) is 5.10 Å². The summed E-state index contributed by atoms with van der Waals surface area (Å²) in [6.07, 6.45) is 7.52. The van der Waals surface area contributed by atoms with Gasteiger partial charge in [0.25, 0.3) is 0 Å². The van der Waals surface area contributed by atoms with Gasteiger partial charge < -0.3 is 11.1 Å². The van der Waals surface area contributed by atoms with E-state index in [2.05, 4.69) is 38.3 Å². The Balaban J connectivity index is 1.58. The van der Waals surface area contributed by atoms with Crippen LogP contribution in [0.4, 0.5) is 5.82 Å². The first kappa shape index (κ1) is 16.9. The van der Waals surface area contributed by atoms with Crippen molar-refractivity contribution < 1.29 is 0 Å². The minimum absolute atomic E-state index is 0.0608. The van der Waals surface area contributed by atoms with Crippen LogP contribution in [0.3, 0.4) is 0 Å². The van der Waals surface area contributed by atoms with Gasteiger partial charge in [0.1, 0.15) is 11.8 Å². The maximum absolute atomic E-state index is 6.03. The average molecular weight is 351 g/mol. The van der Waals surface area contributed by atoms with Gasteiger partial charge in [-0.05, 0) is 56.6 Å². The molecule has 0 bridgehead atoms. The summed E-state index contributed by atoms with van der Waals surface area (Å²) >= 11 is 0. The van der Waals surface area contributed by atoms with Gasteiger partial charge in [-0.15, -0.1) is 0 Å². The van der Waals surface area contributed by atoms with Gasteiger partial charge in [0.2, 0.25) is 0 Å². The first-order valence-corrected chi connectivity index (χ1v) is 9.17. The normalized spacial score (nSPS) is 17.5. The zero-order chi connectivity index (χ0) is 17.9. The van der Waals surface area contributed by atoms with Crippen LogP contribution in [0.2, 0.25) is 0 Å². The molecule has 3 aromatic rings. The van der Waals surface area contributed by atoms with Crippen molar-refractivity contribution in [1.29, 1.82) is 0 Å². The lowest BCUT2D eigenvalue weighted by Crippen LogP contribution is -2.39. The molecular formula is C19H25N7. The van der Waals surface area contributed by atoms with E-state index in [0.29, 0.717) is 6.04 Å². The highest BCUT2D eigenvalue weighted by molar-refractivity contribution is 5.72. The van der Waals surface area contributed by atoms with Crippen LogP contribution in [0, 0.1) is 0 Å². The topological polar surface area (TPSA) is 84.4 Å². The van der Waals surface area contributed by atoms with Gasteiger partial charge in [-0.25, -0.2) is 9.50 Å². The number of piperidine rings is 1. The molecule has 136 valence electrons. The van der Waals surface area contributed by atoms with Crippen LogP contribution < -0.4 is 11.1 Å². The lowest BCUT2D eigenvalue weighted by molar-refractivity contribution is 0.206. The van der Waals surface area contributed by atoms with Crippen molar-refractivity contribution in [3.8, 4) is 0 Å². The molecule has 3 N–H and O–H groups in total. The summed E-state index contributed by atoms with van der Waals surface area (Å²) in [5.41, 5.74) is 9.28. The summed E-state index contributed by atoms with van der Waals surface area (Å²) in [5, 5.41) is 7.86. The number of nitrogens with zero attached hydrogens (tertiary/aromatic N) is 5. The molecule has 4 rings (SSSR count). The Kier molecular flexibility index (Phi) is 4.81. The molecule has 7 nitrogen and oxygen atoms in total. The minimum atomic E-state index is 0.0608. The number of nitrogens with two attached hydrogens (primary N) is 1. The van der Waals surface area contributed by atoms with Gasteiger partial charge in [-0.1, -0.05) is 6.07 Å². The fourth-order valence-electron chi connectivity index (χ4n) is 3.51. The monoisotopic (exact) mass is 351 g/mol. The number of fused-ring (bicyclic) bond motifs is 1. The fraction of sp³-hybridized carbons (Fsp3) is 0.421. The molecule has 0 amide bonds. The number of hydrogen-bond donors (Lipinski definition) is 2. The zero-order valence-electron chi connectivity index (χ0n) is 15.0. The number of anilines is 1. The summed E-state index contributed by atoms with van der Waals surface area (Å²) in [7, 11) is 0. The Bertz CT molecular complexity index is 853. The Morgan fingerprint density at radius 2 is 2.08 bits per heavy atom. The molecule has 26 heavy (non-hydrogen) atoms. The lowest BCUT2D eigenvalue weighted by atomic mass is 10.1. The molecule has 0 radical (unpaired) electrons. The number of hydrogen-bond acceptors (Lipinski definition) is 6. The molecule has 7 heteroatoms. The van der Waals surface area contributed by atoms with Crippen molar-refractivity contribution in [2.45, 2.75) is 38.4 Å². The second kappa shape index (κ2) is 7.39. The Morgan fingerprint density at radius 1 is 1.23 bits per heavy atom. The maximum Gasteiger partial charge on any atom is 0.154 e. The number of rotatable bonds is 5. The smallest absolute Gasteiger partial charge is 0.154 e. The second-order valence-corrected chi connectivity index (χ2v) is 6.98. The highest BCUT2D eigenvalue weighted by Crippen LogP contribution is 2.25. The van der Waals surface area contributed by atoms with Crippen molar-refractivity contribution in [2.75, 3.05) is 18.4 Å². The third-order valence-electron chi connectivity index (χ3n) is 5.05. The van der Waals surface area contributed by atoms with Crippen LogP contribution in [0.5, 0.6) is 0 Å². The average Bonchev–Trinajstić information content (AvgIpc) is 3.08. The SMILES string of the molecule is CC(Nc1ncnn2ccc(CN3CCC(N)CC3)c12)c1ccccn1. The van der Waals surface area contributed by atoms with E-state index in [1.807, 2.05) is 35.1 Å². The molecule has 1 aliphatic heterocycles. The first-order valence-electron chi connectivity index (χ1n) is 9.17. The van der Waals surface area contributed by atoms with Crippen molar-refractivity contribution in [2.24, 2.45) is 5.73 Å². The van der Waals surface area contributed by atoms with Gasteiger partial charge in [0, 0.05) is 25.0 Å². The van der Waals surface area contributed by atoms with E-state index in [0.717, 1.165) is 49.5 Å². The van der Waals surface area contributed by atoms with Crippen LogP contribution in [-0.2, 0) is 6.54 Å². The van der Waals surface area contributed by atoms with E-state index in [-0.39, 0.29) is 6.04 Å². The van der Waals surface area contributed by atoms with Crippen LogP contribution in [0.1, 0.15) is 37.1 Å². The van der Waals surface area contributed by atoms with E-state index in [1.165, 1.54) is 5.56 Å². The molecule has 1 atom stereocenters. The summed E-state index contributed by atoms with van der Waals surface area (Å²) in [6.45, 7) is 5.07. The van der Waals surface area contributed by atoms with Crippen molar-refractivity contribution >= 4 is 11.3 Å². The number of aromatic nitrogens is 4. The van der Waals surface area contributed by atoms with Crippen molar-refractivity contribution in [3.63, 3.8) is 0 Å². The van der Waals surface area contributed by atoms with Crippen LogP contribution >= 0.6 is 0 Å². The molecule has 1 fully saturated rings. The van der Waals surface area contributed by atoms with Gasteiger partial charge in [0.05, 0.1) is 11.7 Å². The summed E-state index contributed by atoms with van der Waals surface area (Å²) in [6, 6.07) is 8.48. The standard InChI is InChI=1S/C19H25N7/c1-14(17-4-2-3-8-21-17)24-19-18-15(5-11-26(18)23-13-22-19)12-25-9-6-16(20)7-10-25/h2-5,8,11,13-14,16H,6-7,9-10,12,20H2,1H3,(H,22,23,24). The highest BCUT2D eigenvalue weighted by atomic mass is 15.3. The van der Waals surface area contributed by atoms with E-state index < -0.39 is 0 Å². The lowest BCUT2D eigenvalue weighted by Gasteiger charge is -2.29. The highest BCUT2D eigenvalue weighted by Gasteiger charge is 2.19. The van der Waals surface area contributed by atoms with Gasteiger partial charge in [0.15, 0.2) is 5.82 Å². The Labute approximate surface area is 153 Å². The summed E-state index contributed by atoms with van der Waals surface area (Å²) < 4.78 is 1.89. The third-order valence-corrected chi connectivity index (χ3v) is 5.05. The van der Waals surface area contributed by atoms with Crippen LogP contribution in [-0.4, -0.2) is 43.6 Å². The number of likely N-dealkylation sites (tertiary alicyclic amines) is 1. The zero-order valence-corrected chi connectivity index (χ0v) is 15.0. The summed E-state index contributed by atoms with van der Waals surface area (Å²) in [4.78, 5) is 11.4. The minimum Gasteiger partial charge on any atom is -0.360 e. The maximum atomic E-state index is 6.03. The molecule has 0 aromatic carbocycles. The van der Waals surface area contributed by atoms with Crippen LogP contribution in [0.15, 0.2) is 43.0 Å². The van der Waals surface area contributed by atoms with Gasteiger partial charge >= 0.3 is 0 Å². The molecule has 1 aliphatic rings.